The summed E-state index contributed by atoms with van der Waals surface area (Å²) in [5.41, 5.74) is 2.08. The summed E-state index contributed by atoms with van der Waals surface area (Å²) >= 11 is 0. The van der Waals surface area contributed by atoms with Crippen molar-refractivity contribution in [3.05, 3.63) is 29.6 Å². The van der Waals surface area contributed by atoms with Crippen molar-refractivity contribution >= 4 is 6.21 Å². The normalized spacial score (nSPS) is 10.7. The lowest BCUT2D eigenvalue weighted by Gasteiger charge is -1.95. The van der Waals surface area contributed by atoms with Crippen molar-refractivity contribution in [1.29, 1.82) is 0 Å². The molecular formula is C9H12N2. The monoisotopic (exact) mass is 148 g/mol. The van der Waals surface area contributed by atoms with E-state index in [1.54, 1.807) is 6.21 Å². The van der Waals surface area contributed by atoms with E-state index in [9.17, 15) is 0 Å². The molecule has 0 amide bonds. The second kappa shape index (κ2) is 3.86. The minimum Gasteiger partial charge on any atom is -0.291 e. The maximum Gasteiger partial charge on any atom is 0.0807 e. The molecule has 0 aliphatic heterocycles. The smallest absolute Gasteiger partial charge is 0.0807 e. The molecule has 0 saturated heterocycles. The number of aryl methyl sites for hydroxylation is 1. The summed E-state index contributed by atoms with van der Waals surface area (Å²) in [6, 6.07) is 5.97. The minimum absolute atomic E-state index is 0.693. The maximum atomic E-state index is 4.30. The summed E-state index contributed by atoms with van der Waals surface area (Å²) in [4.78, 5) is 8.39. The fraction of sp³-hybridized carbons (Fsp3) is 0.333. The summed E-state index contributed by atoms with van der Waals surface area (Å²) in [5.74, 6) is 0. The molecule has 0 atom stereocenters. The number of nitrogens with zero attached hydrogens (tertiary/aromatic N) is 2. The van der Waals surface area contributed by atoms with Crippen molar-refractivity contribution in [2.75, 3.05) is 0 Å². The number of hydrogen-bond acceptors (Lipinski definition) is 2. The van der Waals surface area contributed by atoms with E-state index in [-0.39, 0.29) is 0 Å². The van der Waals surface area contributed by atoms with Crippen LogP contribution in [0.2, 0.25) is 0 Å². The van der Waals surface area contributed by atoms with E-state index in [1.807, 2.05) is 32.0 Å². The Morgan fingerprint density at radius 1 is 1.55 bits per heavy atom. The fourth-order valence-electron chi connectivity index (χ4n) is 0.872. The van der Waals surface area contributed by atoms with Crippen molar-refractivity contribution < 1.29 is 0 Å². The molecule has 2 nitrogen and oxygen atoms in total. The molecule has 2 heteroatoms. The molecule has 0 aromatic carbocycles. The van der Waals surface area contributed by atoms with Gasteiger partial charge in [0, 0.05) is 5.69 Å². The van der Waals surface area contributed by atoms with Crippen LogP contribution in [0.3, 0.4) is 0 Å². The molecule has 11 heavy (non-hydrogen) atoms. The van der Waals surface area contributed by atoms with Crippen LogP contribution in [0.1, 0.15) is 18.3 Å². The maximum absolute atomic E-state index is 4.30. The van der Waals surface area contributed by atoms with Gasteiger partial charge in [-0.15, -0.1) is 0 Å². The summed E-state index contributed by atoms with van der Waals surface area (Å²) in [5, 5.41) is 0. The Morgan fingerprint density at radius 2 is 2.36 bits per heavy atom. The van der Waals surface area contributed by atoms with E-state index in [1.165, 1.54) is 0 Å². The number of aliphatic imine (C=N–C) groups is 1. The summed E-state index contributed by atoms with van der Waals surface area (Å²) < 4.78 is 0. The Bertz CT molecular complexity index is 253. The zero-order valence-electron chi connectivity index (χ0n) is 6.91. The van der Waals surface area contributed by atoms with E-state index in [4.69, 9.17) is 0 Å². The van der Waals surface area contributed by atoms with Gasteiger partial charge < -0.3 is 0 Å². The van der Waals surface area contributed by atoms with Gasteiger partial charge in [0.1, 0.15) is 0 Å². The number of pyridine rings is 1. The van der Waals surface area contributed by atoms with E-state index >= 15 is 0 Å². The van der Waals surface area contributed by atoms with E-state index in [0.29, 0.717) is 6.54 Å². The minimum atomic E-state index is 0.693. The Hall–Kier alpha value is -1.18. The molecule has 0 radical (unpaired) electrons. The van der Waals surface area contributed by atoms with E-state index < -0.39 is 0 Å². The van der Waals surface area contributed by atoms with E-state index in [2.05, 4.69) is 9.98 Å². The molecule has 0 bridgehead atoms. The van der Waals surface area contributed by atoms with E-state index in [0.717, 1.165) is 11.4 Å². The van der Waals surface area contributed by atoms with Gasteiger partial charge >= 0.3 is 0 Å². The first-order chi connectivity index (χ1) is 5.33. The highest BCUT2D eigenvalue weighted by atomic mass is 14.8. The lowest BCUT2D eigenvalue weighted by molar-refractivity contribution is 0.973. The van der Waals surface area contributed by atoms with Crippen LogP contribution in [0.15, 0.2) is 23.2 Å². The van der Waals surface area contributed by atoms with Crippen molar-refractivity contribution in [2.45, 2.75) is 20.4 Å². The number of rotatable bonds is 2. The van der Waals surface area contributed by atoms with Crippen LogP contribution in [-0.2, 0) is 6.54 Å². The molecule has 0 saturated carbocycles. The van der Waals surface area contributed by atoms with Gasteiger partial charge in [-0.3, -0.25) is 9.98 Å². The Kier molecular flexibility index (Phi) is 2.78. The predicted octanol–water partition coefficient (Wildman–Crippen LogP) is 1.98. The van der Waals surface area contributed by atoms with Crippen LogP contribution in [0.4, 0.5) is 0 Å². The SMILES string of the molecule is CC=NCc1cccc(C)n1. The zero-order valence-corrected chi connectivity index (χ0v) is 6.91. The first-order valence-corrected chi connectivity index (χ1v) is 3.70. The zero-order chi connectivity index (χ0) is 8.10. The van der Waals surface area contributed by atoms with Gasteiger partial charge in [0.2, 0.25) is 0 Å². The average molecular weight is 148 g/mol. The molecule has 58 valence electrons. The largest absolute Gasteiger partial charge is 0.291 e. The third-order valence-electron chi connectivity index (χ3n) is 1.38. The molecule has 0 aliphatic carbocycles. The van der Waals surface area contributed by atoms with Crippen molar-refractivity contribution in [1.82, 2.24) is 4.98 Å². The van der Waals surface area contributed by atoms with Crippen LogP contribution in [0.5, 0.6) is 0 Å². The molecule has 0 spiro atoms. The predicted molar refractivity (Wildman–Crippen MR) is 46.8 cm³/mol. The van der Waals surface area contributed by atoms with Crippen LogP contribution >= 0.6 is 0 Å². The quantitative estimate of drug-likeness (QED) is 0.589. The highest BCUT2D eigenvalue weighted by Gasteiger charge is 1.90. The van der Waals surface area contributed by atoms with Crippen molar-refractivity contribution in [2.24, 2.45) is 4.99 Å². The fourth-order valence-corrected chi connectivity index (χ4v) is 0.872. The molecule has 0 unspecified atom stereocenters. The van der Waals surface area contributed by atoms with Gasteiger partial charge in [0.15, 0.2) is 0 Å². The second-order valence-electron chi connectivity index (χ2n) is 2.37. The third kappa shape index (κ3) is 2.50. The first-order valence-electron chi connectivity index (χ1n) is 3.70. The highest BCUT2D eigenvalue weighted by Crippen LogP contribution is 1.98. The average Bonchev–Trinajstić information content (AvgIpc) is 2.01. The molecule has 0 aliphatic rings. The van der Waals surface area contributed by atoms with Crippen molar-refractivity contribution in [3.63, 3.8) is 0 Å². The van der Waals surface area contributed by atoms with Crippen LogP contribution in [0.25, 0.3) is 0 Å². The molecular weight excluding hydrogens is 136 g/mol. The molecule has 0 N–H and O–H groups in total. The van der Waals surface area contributed by atoms with Gasteiger partial charge in [0.05, 0.1) is 12.2 Å². The van der Waals surface area contributed by atoms with Gasteiger partial charge in [-0.2, -0.15) is 0 Å². The molecule has 1 rings (SSSR count). The Morgan fingerprint density at radius 3 is 3.00 bits per heavy atom. The topological polar surface area (TPSA) is 25.2 Å². The van der Waals surface area contributed by atoms with Gasteiger partial charge in [-0.25, -0.2) is 0 Å². The van der Waals surface area contributed by atoms with Gasteiger partial charge in [0.25, 0.3) is 0 Å². The summed E-state index contributed by atoms with van der Waals surface area (Å²) in [6.45, 7) is 4.59. The van der Waals surface area contributed by atoms with Crippen LogP contribution < -0.4 is 0 Å². The highest BCUT2D eigenvalue weighted by molar-refractivity contribution is 5.53. The Labute approximate surface area is 67.0 Å². The number of aromatic nitrogens is 1. The van der Waals surface area contributed by atoms with Crippen LogP contribution in [-0.4, -0.2) is 11.2 Å². The standard InChI is InChI=1S/C9H12N2/c1-3-10-7-9-6-4-5-8(2)11-9/h3-6H,7H2,1-2H3. The first kappa shape index (κ1) is 7.92. The van der Waals surface area contributed by atoms with Gasteiger partial charge in [-0.05, 0) is 32.2 Å². The molecule has 1 aromatic heterocycles. The number of hydrogen-bond donors (Lipinski definition) is 0. The Balaban J connectivity index is 2.71. The lowest BCUT2D eigenvalue weighted by Crippen LogP contribution is -1.88. The molecule has 1 heterocycles. The van der Waals surface area contributed by atoms with Crippen molar-refractivity contribution in [3.8, 4) is 0 Å². The second-order valence-corrected chi connectivity index (χ2v) is 2.37. The lowest BCUT2D eigenvalue weighted by atomic mass is 10.3. The van der Waals surface area contributed by atoms with Crippen LogP contribution in [0, 0.1) is 6.92 Å². The summed E-state index contributed by atoms with van der Waals surface area (Å²) in [7, 11) is 0. The molecule has 1 aromatic rings. The van der Waals surface area contributed by atoms with Gasteiger partial charge in [-0.1, -0.05) is 6.07 Å². The molecule has 0 fully saturated rings. The third-order valence-corrected chi connectivity index (χ3v) is 1.38. The summed E-state index contributed by atoms with van der Waals surface area (Å²) in [6.07, 6.45) is 1.80.